The molecule has 0 spiro atoms. The van der Waals surface area contributed by atoms with Crippen LogP contribution in [0.1, 0.15) is 45.8 Å². The van der Waals surface area contributed by atoms with Gasteiger partial charge in [-0.3, -0.25) is 32.5 Å². The largest absolute Gasteiger partial charge is 0.481 e. The second kappa shape index (κ2) is 21.1. The summed E-state index contributed by atoms with van der Waals surface area (Å²) in [6.45, 7) is 0.184. The minimum atomic E-state index is -5.59. The molecule has 57 heavy (non-hydrogen) atoms. The summed E-state index contributed by atoms with van der Waals surface area (Å²) in [6.07, 6.45) is -7.12. The first-order chi connectivity index (χ1) is 26.5. The molecule has 1 fully saturated rings. The molecule has 3 unspecified atom stereocenters. The van der Waals surface area contributed by atoms with Crippen molar-refractivity contribution >= 4 is 69.1 Å². The maximum Gasteiger partial charge on any atom is 0.481 e. The van der Waals surface area contributed by atoms with Gasteiger partial charge in [-0.2, -0.15) is 4.31 Å². The number of imidazole rings is 1. The Morgan fingerprint density at radius 1 is 1.04 bits per heavy atom. The van der Waals surface area contributed by atoms with Crippen LogP contribution in [0.2, 0.25) is 0 Å². The smallest absolute Gasteiger partial charge is 0.396 e. The molecule has 0 radical (unpaired) electrons. The highest BCUT2D eigenvalue weighted by atomic mass is 32.2. The van der Waals surface area contributed by atoms with Crippen LogP contribution in [0.3, 0.4) is 0 Å². The second-order valence-corrected chi connectivity index (χ2v) is 18.3. The van der Waals surface area contributed by atoms with Gasteiger partial charge in [0.1, 0.15) is 42.4 Å². The molecule has 2 aromatic heterocycles. The molecule has 30 heteroatoms. The molecule has 3 rings (SSSR count). The van der Waals surface area contributed by atoms with Crippen molar-refractivity contribution in [3.8, 4) is 0 Å². The van der Waals surface area contributed by atoms with Crippen molar-refractivity contribution in [2.45, 2.75) is 76.3 Å². The van der Waals surface area contributed by atoms with E-state index in [1.807, 2.05) is 0 Å². The van der Waals surface area contributed by atoms with Crippen molar-refractivity contribution in [3.63, 3.8) is 0 Å². The highest BCUT2D eigenvalue weighted by Crippen LogP contribution is 2.61. The lowest BCUT2D eigenvalue weighted by Crippen LogP contribution is -2.46. The highest BCUT2D eigenvalue weighted by molar-refractivity contribution is 8.13. The van der Waals surface area contributed by atoms with Crippen molar-refractivity contribution in [2.75, 3.05) is 44.4 Å². The number of unbranched alkanes of at least 4 members (excludes halogenated alkanes) is 1. The number of fused-ring (bicyclic) bond motifs is 1. The number of nitrogens with one attached hydrogen (secondary N) is 2. The first kappa shape index (κ1) is 48.8. The van der Waals surface area contributed by atoms with E-state index in [0.29, 0.717) is 12.8 Å². The van der Waals surface area contributed by atoms with E-state index >= 15 is 0 Å². The molecule has 0 aliphatic carbocycles. The van der Waals surface area contributed by atoms with Gasteiger partial charge in [0.15, 0.2) is 17.7 Å². The van der Waals surface area contributed by atoms with Crippen LogP contribution in [0, 0.1) is 5.41 Å². The van der Waals surface area contributed by atoms with Crippen LogP contribution in [0.15, 0.2) is 12.7 Å². The summed E-state index contributed by atoms with van der Waals surface area (Å²) in [5, 5.41) is 44.3. The number of rotatable bonds is 24. The third-order valence-electron chi connectivity index (χ3n) is 7.90. The molecular formula is C27H46N7O19P3S. The number of phosphoric ester groups is 3. The fourth-order valence-electron chi connectivity index (χ4n) is 4.95. The predicted octanol–water partition coefficient (Wildman–Crippen LogP) is -1.81. The molecule has 1 aliphatic rings. The molecule has 2 aromatic rings. The number of ether oxygens (including phenoxy) is 1. The van der Waals surface area contributed by atoms with Crippen LogP contribution in [0.4, 0.5) is 5.82 Å². The normalized spacial score (nSPS) is 22.1. The fourth-order valence-corrected chi connectivity index (χ4v) is 8.49. The summed E-state index contributed by atoms with van der Waals surface area (Å²) >= 11 is 0.824. The Hall–Kier alpha value is -2.52. The van der Waals surface area contributed by atoms with Crippen LogP contribution in [-0.2, 0) is 50.7 Å². The number of nitrogen functional groups attached to an aromatic ring is 1. The van der Waals surface area contributed by atoms with E-state index in [4.69, 9.17) is 24.6 Å². The summed E-state index contributed by atoms with van der Waals surface area (Å²) in [6, 6.07) is 0. The lowest BCUT2D eigenvalue weighted by molar-refractivity contribution is -0.137. The average molecular weight is 898 g/mol. The predicted molar refractivity (Wildman–Crippen MR) is 194 cm³/mol. The molecular weight excluding hydrogens is 851 g/mol. The van der Waals surface area contributed by atoms with E-state index in [9.17, 15) is 63.0 Å². The minimum absolute atomic E-state index is 0.0217. The number of aliphatic hydroxyl groups excluding tert-OH is 4. The molecule has 8 atom stereocenters. The van der Waals surface area contributed by atoms with E-state index < -0.39 is 95.8 Å². The average Bonchev–Trinajstić information content (AvgIpc) is 3.68. The van der Waals surface area contributed by atoms with Crippen LogP contribution in [0.25, 0.3) is 11.2 Å². The number of nitrogens with zero attached hydrogens (tertiary/aromatic N) is 4. The first-order valence-electron chi connectivity index (χ1n) is 16.8. The van der Waals surface area contributed by atoms with Crippen molar-refractivity contribution < 1.29 is 90.7 Å². The van der Waals surface area contributed by atoms with Crippen molar-refractivity contribution in [1.29, 1.82) is 0 Å². The Morgan fingerprint density at radius 2 is 1.72 bits per heavy atom. The van der Waals surface area contributed by atoms with Crippen molar-refractivity contribution in [1.82, 2.24) is 30.2 Å². The van der Waals surface area contributed by atoms with Gasteiger partial charge in [0.2, 0.25) is 16.9 Å². The van der Waals surface area contributed by atoms with Gasteiger partial charge in [-0.25, -0.2) is 28.6 Å². The zero-order valence-corrected chi connectivity index (χ0v) is 33.9. The maximum atomic E-state index is 12.7. The molecule has 12 N–H and O–H groups in total. The van der Waals surface area contributed by atoms with Gasteiger partial charge >= 0.3 is 23.5 Å². The topological polar surface area (TPSA) is 404 Å². The molecule has 0 aromatic carbocycles. The number of carbonyl (C=O) groups excluding carboxylic acids is 3. The number of nitrogens with two attached hydrogens (primary N) is 1. The van der Waals surface area contributed by atoms with Gasteiger partial charge < -0.3 is 61.1 Å². The SMILES string of the molecule is CC(C)(COP(=O)(O)OP(=O)(O)OC[C@H]1O[C@@H](n2cnc3c(N)ncnc32)[C@H](O)[C@@H]1OP(=O)(O)O)[C@@H](O)C(=O)NCCC(=O)NCCSC(=O)C(O)CCCCO. The minimum Gasteiger partial charge on any atom is -0.396 e. The first-order valence-corrected chi connectivity index (χ1v) is 22.3. The number of hydrogen-bond donors (Lipinski definition) is 11. The van der Waals surface area contributed by atoms with E-state index in [2.05, 4.69) is 34.4 Å². The van der Waals surface area contributed by atoms with Gasteiger partial charge in [-0.1, -0.05) is 25.6 Å². The quantitative estimate of drug-likeness (QED) is 0.0408. The van der Waals surface area contributed by atoms with E-state index in [-0.39, 0.29) is 55.3 Å². The molecule has 1 aliphatic heterocycles. The second-order valence-electron chi connectivity index (χ2n) is 13.0. The number of aromatic nitrogens is 4. The van der Waals surface area contributed by atoms with Crippen molar-refractivity contribution in [3.05, 3.63) is 12.7 Å². The number of hydrogen-bond acceptors (Lipinski definition) is 20. The zero-order valence-electron chi connectivity index (χ0n) is 30.4. The lowest BCUT2D eigenvalue weighted by atomic mass is 9.87. The van der Waals surface area contributed by atoms with Crippen molar-refractivity contribution in [2.24, 2.45) is 5.41 Å². The number of aliphatic hydroxyl groups is 4. The summed E-state index contributed by atoms with van der Waals surface area (Å²) in [5.74, 6) is -1.40. The number of thioether (sulfide) groups is 1. The Kier molecular flexibility index (Phi) is 18.1. The maximum absolute atomic E-state index is 12.7. The van der Waals surface area contributed by atoms with Crippen LogP contribution < -0.4 is 16.4 Å². The van der Waals surface area contributed by atoms with Crippen LogP contribution >= 0.6 is 35.2 Å². The Balaban J connectivity index is 1.47. The third-order valence-corrected chi connectivity index (χ3v) is 12.0. The number of amides is 2. The zero-order chi connectivity index (χ0) is 42.8. The van der Waals surface area contributed by atoms with Crippen LogP contribution in [-0.4, -0.2) is 146 Å². The number of phosphoric acid groups is 3. The molecule has 324 valence electrons. The number of anilines is 1. The van der Waals surface area contributed by atoms with E-state index in [1.54, 1.807) is 0 Å². The fraction of sp³-hybridized carbons (Fsp3) is 0.704. The Morgan fingerprint density at radius 3 is 2.39 bits per heavy atom. The Bertz CT molecular complexity index is 1840. The summed E-state index contributed by atoms with van der Waals surface area (Å²) < 4.78 is 62.0. The van der Waals surface area contributed by atoms with Gasteiger partial charge in [-0.15, -0.1) is 0 Å². The van der Waals surface area contributed by atoms with Crippen LogP contribution in [0.5, 0.6) is 0 Å². The molecule has 26 nitrogen and oxygen atoms in total. The van der Waals surface area contributed by atoms with Gasteiger partial charge in [0, 0.05) is 37.3 Å². The standard InChI is InChI=1S/C27H46N7O19P3S/c1-27(2,21(39)24(40)30-7-6-17(37)29-8-10-57-26(41)15(36)5-3-4-9-35)12-50-56(47,48)53-55(45,46)49-11-16-20(52-54(42,43)44)19(38)25(51-16)34-14-33-18-22(28)31-13-32-23(18)34/h13-16,19-21,25,35-36,38-39H,3-12H2,1-2H3,(H,29,37)(H,30,40)(H,45,46)(H,47,48)(H2,28,31,32)(H2,42,43,44)/t15?,16-,19-,20-,21+,25-/m1/s1. The lowest BCUT2D eigenvalue weighted by Gasteiger charge is -2.30. The molecule has 0 saturated carbocycles. The third kappa shape index (κ3) is 15.2. The number of carbonyl (C=O) groups is 3. The van der Waals surface area contributed by atoms with E-state index in [0.717, 1.165) is 29.0 Å². The van der Waals surface area contributed by atoms with Gasteiger partial charge in [-0.05, 0) is 19.3 Å². The highest BCUT2D eigenvalue weighted by Gasteiger charge is 2.50. The summed E-state index contributed by atoms with van der Waals surface area (Å²) in [5.41, 5.74) is 4.21. The summed E-state index contributed by atoms with van der Waals surface area (Å²) in [7, 11) is -16.4. The van der Waals surface area contributed by atoms with Gasteiger partial charge in [0.05, 0.1) is 19.5 Å². The molecule has 0 bridgehead atoms. The van der Waals surface area contributed by atoms with Gasteiger partial charge in [0.25, 0.3) is 0 Å². The summed E-state index contributed by atoms with van der Waals surface area (Å²) in [4.78, 5) is 87.4. The Labute approximate surface area is 328 Å². The monoisotopic (exact) mass is 897 g/mol. The molecule has 2 amide bonds. The molecule has 3 heterocycles. The molecule has 1 saturated heterocycles. The van der Waals surface area contributed by atoms with E-state index in [1.165, 1.54) is 13.8 Å².